The predicted octanol–water partition coefficient (Wildman–Crippen LogP) is 3.08. The molecule has 0 aromatic carbocycles. The zero-order valence-corrected chi connectivity index (χ0v) is 16.7. The molecule has 3 atom stereocenters. The van der Waals surface area contributed by atoms with Crippen molar-refractivity contribution in [3.63, 3.8) is 0 Å². The standard InChI is InChI=1S/C19H29N3O2S/c1-12-6-13(2)10-21(9-12)16(23)7-14-11-25-18-20-15(19(3,4)5)8-17(24)22(14)18/h8,12-14H,6-7,9-11H2,1-5H3. The molecule has 3 heterocycles. The highest BCUT2D eigenvalue weighted by Gasteiger charge is 2.32. The van der Waals surface area contributed by atoms with Gasteiger partial charge < -0.3 is 4.90 Å². The maximum atomic E-state index is 12.8. The Morgan fingerprint density at radius 1 is 1.28 bits per heavy atom. The van der Waals surface area contributed by atoms with Crippen LogP contribution < -0.4 is 5.56 Å². The number of aromatic nitrogens is 2. The van der Waals surface area contributed by atoms with Crippen molar-refractivity contribution in [1.29, 1.82) is 0 Å². The van der Waals surface area contributed by atoms with Gasteiger partial charge in [-0.05, 0) is 18.3 Å². The number of fused-ring (bicyclic) bond motifs is 1. The third-order valence-corrected chi connectivity index (χ3v) is 6.19. The summed E-state index contributed by atoms with van der Waals surface area (Å²) in [6.45, 7) is 12.3. The fourth-order valence-electron chi connectivity index (χ4n) is 3.88. The van der Waals surface area contributed by atoms with Gasteiger partial charge in [0.25, 0.3) is 5.56 Å². The van der Waals surface area contributed by atoms with E-state index in [0.717, 1.165) is 29.7 Å². The van der Waals surface area contributed by atoms with Crippen LogP contribution in [0, 0.1) is 11.8 Å². The van der Waals surface area contributed by atoms with Crippen molar-refractivity contribution in [2.45, 2.75) is 64.1 Å². The molecular weight excluding hydrogens is 334 g/mol. The van der Waals surface area contributed by atoms with E-state index in [0.29, 0.717) is 18.3 Å². The molecule has 0 bridgehead atoms. The molecule has 1 aromatic heterocycles. The van der Waals surface area contributed by atoms with Crippen LogP contribution in [0.2, 0.25) is 0 Å². The summed E-state index contributed by atoms with van der Waals surface area (Å²) in [6.07, 6.45) is 1.58. The summed E-state index contributed by atoms with van der Waals surface area (Å²) in [7, 11) is 0. The molecule has 6 heteroatoms. The van der Waals surface area contributed by atoms with Crippen molar-refractivity contribution >= 4 is 17.7 Å². The van der Waals surface area contributed by atoms with E-state index in [1.807, 2.05) is 4.90 Å². The lowest BCUT2D eigenvalue weighted by molar-refractivity contribution is -0.134. The second-order valence-electron chi connectivity index (χ2n) is 8.80. The van der Waals surface area contributed by atoms with Crippen LogP contribution in [0.5, 0.6) is 0 Å². The van der Waals surface area contributed by atoms with Gasteiger partial charge in [0.1, 0.15) is 0 Å². The van der Waals surface area contributed by atoms with Crippen LogP contribution in [-0.4, -0.2) is 39.2 Å². The first-order valence-corrected chi connectivity index (χ1v) is 10.2. The van der Waals surface area contributed by atoms with Gasteiger partial charge in [-0.25, -0.2) is 4.98 Å². The Kier molecular flexibility index (Phi) is 5.02. The Labute approximate surface area is 154 Å². The first-order valence-electron chi connectivity index (χ1n) is 9.19. The van der Waals surface area contributed by atoms with Gasteiger partial charge in [-0.3, -0.25) is 14.2 Å². The van der Waals surface area contributed by atoms with E-state index in [9.17, 15) is 9.59 Å². The number of amides is 1. The summed E-state index contributed by atoms with van der Waals surface area (Å²) in [5.74, 6) is 2.03. The number of carbonyl (C=O) groups is 1. The van der Waals surface area contributed by atoms with Crippen LogP contribution in [0.3, 0.4) is 0 Å². The van der Waals surface area contributed by atoms with Crippen molar-refractivity contribution in [2.24, 2.45) is 11.8 Å². The quantitative estimate of drug-likeness (QED) is 0.758. The second-order valence-corrected chi connectivity index (χ2v) is 9.78. The van der Waals surface area contributed by atoms with E-state index >= 15 is 0 Å². The van der Waals surface area contributed by atoms with Gasteiger partial charge >= 0.3 is 0 Å². The van der Waals surface area contributed by atoms with Gasteiger partial charge in [0.15, 0.2) is 5.16 Å². The van der Waals surface area contributed by atoms with E-state index < -0.39 is 0 Å². The van der Waals surface area contributed by atoms with E-state index in [4.69, 9.17) is 0 Å². The third kappa shape index (κ3) is 3.94. The molecule has 3 unspecified atom stereocenters. The molecular formula is C19H29N3O2S. The van der Waals surface area contributed by atoms with Crippen molar-refractivity contribution in [1.82, 2.24) is 14.5 Å². The highest BCUT2D eigenvalue weighted by Crippen LogP contribution is 2.34. The molecule has 25 heavy (non-hydrogen) atoms. The van der Waals surface area contributed by atoms with Crippen molar-refractivity contribution < 1.29 is 4.79 Å². The molecule has 2 aliphatic rings. The van der Waals surface area contributed by atoms with E-state index in [1.54, 1.807) is 22.4 Å². The lowest BCUT2D eigenvalue weighted by Crippen LogP contribution is -2.43. The van der Waals surface area contributed by atoms with Crippen LogP contribution in [0.15, 0.2) is 16.0 Å². The normalized spacial score (nSPS) is 26.6. The third-order valence-electron chi connectivity index (χ3n) is 5.09. The minimum absolute atomic E-state index is 0.0295. The molecule has 138 valence electrons. The Bertz CT molecular complexity index is 712. The predicted molar refractivity (Wildman–Crippen MR) is 101 cm³/mol. The fraction of sp³-hybridized carbons (Fsp3) is 0.737. The second kappa shape index (κ2) is 6.78. The molecule has 0 N–H and O–H groups in total. The number of nitrogens with zero attached hydrogens (tertiary/aromatic N) is 3. The largest absolute Gasteiger partial charge is 0.342 e. The van der Waals surface area contributed by atoms with Gasteiger partial charge in [0, 0.05) is 36.7 Å². The SMILES string of the molecule is CC1CC(C)CN(C(=O)CC2CSc3nc(C(C)(C)C)cc(=O)n32)C1. The molecule has 1 fully saturated rings. The molecule has 0 radical (unpaired) electrons. The van der Waals surface area contributed by atoms with Crippen LogP contribution in [-0.2, 0) is 10.2 Å². The summed E-state index contributed by atoms with van der Waals surface area (Å²) in [4.78, 5) is 32.1. The van der Waals surface area contributed by atoms with Gasteiger partial charge in [0.2, 0.25) is 5.91 Å². The topological polar surface area (TPSA) is 55.2 Å². The molecule has 0 saturated carbocycles. The highest BCUT2D eigenvalue weighted by atomic mass is 32.2. The van der Waals surface area contributed by atoms with E-state index in [-0.39, 0.29) is 22.9 Å². The smallest absolute Gasteiger partial charge is 0.254 e. The van der Waals surface area contributed by atoms with Gasteiger partial charge in [-0.15, -0.1) is 0 Å². The summed E-state index contributed by atoms with van der Waals surface area (Å²) in [5, 5.41) is 0.760. The first kappa shape index (κ1) is 18.5. The van der Waals surface area contributed by atoms with Crippen LogP contribution in [0.1, 0.15) is 59.2 Å². The number of likely N-dealkylation sites (tertiary alicyclic amines) is 1. The number of rotatable bonds is 2. The number of thioether (sulfide) groups is 1. The van der Waals surface area contributed by atoms with Crippen LogP contribution in [0.25, 0.3) is 0 Å². The number of carbonyl (C=O) groups excluding carboxylic acids is 1. The molecule has 0 spiro atoms. The lowest BCUT2D eigenvalue weighted by Gasteiger charge is -2.35. The average Bonchev–Trinajstić information content (AvgIpc) is 2.89. The maximum absolute atomic E-state index is 12.8. The van der Waals surface area contributed by atoms with Gasteiger partial charge in [-0.1, -0.05) is 46.4 Å². The maximum Gasteiger partial charge on any atom is 0.254 e. The Morgan fingerprint density at radius 3 is 2.52 bits per heavy atom. The minimum atomic E-state index is -0.150. The average molecular weight is 364 g/mol. The first-order chi connectivity index (χ1) is 11.6. The number of piperidine rings is 1. The summed E-state index contributed by atoms with van der Waals surface area (Å²) >= 11 is 1.59. The van der Waals surface area contributed by atoms with Gasteiger partial charge in [-0.2, -0.15) is 0 Å². The Hall–Kier alpha value is -1.30. The van der Waals surface area contributed by atoms with Crippen molar-refractivity contribution in [3.8, 4) is 0 Å². The van der Waals surface area contributed by atoms with Gasteiger partial charge in [0.05, 0.1) is 11.7 Å². The molecule has 1 saturated heterocycles. The fourth-order valence-corrected chi connectivity index (χ4v) is 5.03. The zero-order chi connectivity index (χ0) is 18.4. The Balaban J connectivity index is 1.77. The number of hydrogen-bond acceptors (Lipinski definition) is 4. The molecule has 0 aliphatic carbocycles. The van der Waals surface area contributed by atoms with E-state index in [2.05, 4.69) is 39.6 Å². The molecule has 1 amide bonds. The summed E-state index contributed by atoms with van der Waals surface area (Å²) in [5.41, 5.74) is 0.642. The summed E-state index contributed by atoms with van der Waals surface area (Å²) in [6, 6.07) is 1.56. The monoisotopic (exact) mass is 363 g/mol. The van der Waals surface area contributed by atoms with Crippen molar-refractivity contribution in [3.05, 3.63) is 22.1 Å². The van der Waals surface area contributed by atoms with E-state index in [1.165, 1.54) is 6.42 Å². The minimum Gasteiger partial charge on any atom is -0.342 e. The van der Waals surface area contributed by atoms with Crippen LogP contribution in [0.4, 0.5) is 0 Å². The Morgan fingerprint density at radius 2 is 1.92 bits per heavy atom. The molecule has 5 nitrogen and oxygen atoms in total. The zero-order valence-electron chi connectivity index (χ0n) is 15.9. The van der Waals surface area contributed by atoms with Crippen molar-refractivity contribution in [2.75, 3.05) is 18.8 Å². The molecule has 2 aliphatic heterocycles. The molecule has 3 rings (SSSR count). The molecule has 1 aromatic rings. The lowest BCUT2D eigenvalue weighted by atomic mass is 9.91. The number of hydrogen-bond donors (Lipinski definition) is 0. The highest BCUT2D eigenvalue weighted by molar-refractivity contribution is 7.99. The summed E-state index contributed by atoms with van der Waals surface area (Å²) < 4.78 is 1.73. The van der Waals surface area contributed by atoms with Crippen LogP contribution >= 0.6 is 11.8 Å².